The molecule has 0 fully saturated rings. The molecule has 0 amide bonds. The van der Waals surface area contributed by atoms with E-state index in [2.05, 4.69) is 9.71 Å². The van der Waals surface area contributed by atoms with E-state index in [1.807, 2.05) is 12.1 Å². The Morgan fingerprint density at radius 1 is 1.26 bits per heavy atom. The molecule has 0 bridgehead atoms. The van der Waals surface area contributed by atoms with Gasteiger partial charge in [0, 0.05) is 18.9 Å². The third-order valence-electron chi connectivity index (χ3n) is 2.37. The van der Waals surface area contributed by atoms with Crippen LogP contribution in [0.5, 0.6) is 0 Å². The van der Waals surface area contributed by atoms with E-state index in [0.29, 0.717) is 10.8 Å². The van der Waals surface area contributed by atoms with Gasteiger partial charge in [0.15, 0.2) is 0 Å². The van der Waals surface area contributed by atoms with Gasteiger partial charge in [0.1, 0.15) is 9.23 Å². The molecule has 0 atom stereocenters. The van der Waals surface area contributed by atoms with Gasteiger partial charge in [-0.15, -0.1) is 11.3 Å². The highest BCUT2D eigenvalue weighted by Gasteiger charge is 2.20. The van der Waals surface area contributed by atoms with E-state index in [4.69, 9.17) is 23.2 Å². The second-order valence-corrected chi connectivity index (χ2v) is 7.71. The second-order valence-electron chi connectivity index (χ2n) is 3.69. The van der Waals surface area contributed by atoms with Crippen LogP contribution in [0.1, 0.15) is 5.56 Å². The summed E-state index contributed by atoms with van der Waals surface area (Å²) in [6.07, 6.45) is 3.91. The second kappa shape index (κ2) is 6.19. The van der Waals surface area contributed by atoms with Crippen molar-refractivity contribution in [1.82, 2.24) is 9.71 Å². The number of aromatic nitrogens is 1. The fourth-order valence-corrected chi connectivity index (χ4v) is 4.64. The maximum absolute atomic E-state index is 12.0. The summed E-state index contributed by atoms with van der Waals surface area (Å²) < 4.78 is 27.0. The summed E-state index contributed by atoms with van der Waals surface area (Å²) in [6, 6.07) is 5.02. The number of sulfonamides is 1. The average molecular weight is 337 g/mol. The van der Waals surface area contributed by atoms with Crippen LogP contribution in [-0.2, 0) is 16.4 Å². The summed E-state index contributed by atoms with van der Waals surface area (Å²) >= 11 is 12.6. The number of nitrogens with one attached hydrogen (secondary N) is 1. The van der Waals surface area contributed by atoms with Gasteiger partial charge in [0.05, 0.1) is 4.34 Å². The predicted octanol–water partition coefficient (Wildman–Crippen LogP) is 2.97. The summed E-state index contributed by atoms with van der Waals surface area (Å²) in [5, 5.41) is 0. The minimum absolute atomic E-state index is 0.0268. The number of halogens is 2. The van der Waals surface area contributed by atoms with Crippen LogP contribution in [-0.4, -0.2) is 19.9 Å². The SMILES string of the molecule is O=S(=O)(NCCc1ccncc1)c1cc(Cl)sc1Cl. The van der Waals surface area contributed by atoms with Gasteiger partial charge in [-0.05, 0) is 30.2 Å². The van der Waals surface area contributed by atoms with Crippen LogP contribution in [0, 0.1) is 0 Å². The highest BCUT2D eigenvalue weighted by atomic mass is 35.5. The lowest BCUT2D eigenvalue weighted by Crippen LogP contribution is -2.25. The quantitative estimate of drug-likeness (QED) is 0.913. The van der Waals surface area contributed by atoms with Gasteiger partial charge < -0.3 is 0 Å². The molecule has 2 aromatic heterocycles. The Balaban J connectivity index is 2.01. The van der Waals surface area contributed by atoms with Crippen LogP contribution in [0.25, 0.3) is 0 Å². The molecule has 2 heterocycles. The lowest BCUT2D eigenvalue weighted by atomic mass is 10.2. The Labute approximate surface area is 125 Å². The molecule has 0 saturated carbocycles. The van der Waals surface area contributed by atoms with Crippen molar-refractivity contribution in [3.05, 3.63) is 44.8 Å². The third-order valence-corrected chi connectivity index (χ3v) is 5.58. The molecule has 2 aromatic rings. The summed E-state index contributed by atoms with van der Waals surface area (Å²) in [7, 11) is -3.61. The Morgan fingerprint density at radius 2 is 1.95 bits per heavy atom. The first-order valence-corrected chi connectivity index (χ1v) is 8.38. The topological polar surface area (TPSA) is 59.1 Å². The van der Waals surface area contributed by atoms with E-state index in [0.717, 1.165) is 16.9 Å². The van der Waals surface area contributed by atoms with Crippen LogP contribution in [0.15, 0.2) is 35.5 Å². The number of pyridine rings is 1. The van der Waals surface area contributed by atoms with E-state index in [9.17, 15) is 8.42 Å². The van der Waals surface area contributed by atoms with Crippen molar-refractivity contribution < 1.29 is 8.42 Å². The maximum atomic E-state index is 12.0. The van der Waals surface area contributed by atoms with E-state index < -0.39 is 10.0 Å². The molecule has 0 aliphatic carbocycles. The highest BCUT2D eigenvalue weighted by molar-refractivity contribution is 7.89. The highest BCUT2D eigenvalue weighted by Crippen LogP contribution is 2.33. The molecule has 8 heteroatoms. The normalized spacial score (nSPS) is 11.7. The Hall–Kier alpha value is -0.660. The van der Waals surface area contributed by atoms with Crippen molar-refractivity contribution in [2.24, 2.45) is 0 Å². The summed E-state index contributed by atoms with van der Waals surface area (Å²) in [4.78, 5) is 3.92. The molecule has 2 rings (SSSR count). The van der Waals surface area contributed by atoms with Gasteiger partial charge in [-0.25, -0.2) is 13.1 Å². The van der Waals surface area contributed by atoms with Crippen molar-refractivity contribution in [2.75, 3.05) is 6.54 Å². The first-order chi connectivity index (χ1) is 8.99. The van der Waals surface area contributed by atoms with Gasteiger partial charge in [-0.3, -0.25) is 4.98 Å². The molecule has 102 valence electrons. The number of hydrogen-bond acceptors (Lipinski definition) is 4. The van der Waals surface area contributed by atoms with Gasteiger partial charge in [0.25, 0.3) is 0 Å². The zero-order valence-electron chi connectivity index (χ0n) is 9.64. The number of thiophene rings is 1. The van der Waals surface area contributed by atoms with Gasteiger partial charge >= 0.3 is 0 Å². The lowest BCUT2D eigenvalue weighted by molar-refractivity contribution is 0.582. The van der Waals surface area contributed by atoms with Crippen molar-refractivity contribution in [3.8, 4) is 0 Å². The summed E-state index contributed by atoms with van der Waals surface area (Å²) in [6.45, 7) is 0.288. The van der Waals surface area contributed by atoms with Crippen molar-refractivity contribution in [2.45, 2.75) is 11.3 Å². The Kier molecular flexibility index (Phi) is 4.81. The third kappa shape index (κ3) is 3.90. The average Bonchev–Trinajstić information content (AvgIpc) is 2.70. The van der Waals surface area contributed by atoms with Crippen LogP contribution in [0.3, 0.4) is 0 Å². The molecule has 0 aliphatic heterocycles. The molecule has 0 aliphatic rings. The Bertz CT molecular complexity index is 657. The summed E-state index contributed by atoms with van der Waals surface area (Å²) in [5.41, 5.74) is 1.01. The zero-order valence-corrected chi connectivity index (χ0v) is 12.8. The first-order valence-electron chi connectivity index (χ1n) is 5.32. The largest absolute Gasteiger partial charge is 0.265 e. The molecule has 0 unspecified atom stereocenters. The molecule has 0 radical (unpaired) electrons. The van der Waals surface area contributed by atoms with E-state index in [-0.39, 0.29) is 15.8 Å². The van der Waals surface area contributed by atoms with Gasteiger partial charge in [-0.1, -0.05) is 23.2 Å². The molecule has 19 heavy (non-hydrogen) atoms. The van der Waals surface area contributed by atoms with Crippen LogP contribution < -0.4 is 4.72 Å². The Morgan fingerprint density at radius 3 is 2.53 bits per heavy atom. The monoisotopic (exact) mass is 336 g/mol. The van der Waals surface area contributed by atoms with E-state index >= 15 is 0 Å². The molecule has 1 N–H and O–H groups in total. The maximum Gasteiger partial charge on any atom is 0.242 e. The number of rotatable bonds is 5. The van der Waals surface area contributed by atoms with Crippen molar-refractivity contribution >= 4 is 44.6 Å². The minimum Gasteiger partial charge on any atom is -0.265 e. The first kappa shape index (κ1) is 14.7. The van der Waals surface area contributed by atoms with Gasteiger partial charge in [-0.2, -0.15) is 0 Å². The number of nitrogens with zero attached hydrogens (tertiary/aromatic N) is 1. The molecule has 0 aromatic carbocycles. The smallest absolute Gasteiger partial charge is 0.242 e. The van der Waals surface area contributed by atoms with E-state index in [1.165, 1.54) is 6.07 Å². The van der Waals surface area contributed by atoms with Crippen molar-refractivity contribution in [3.63, 3.8) is 0 Å². The minimum atomic E-state index is -3.61. The zero-order chi connectivity index (χ0) is 13.9. The molecular weight excluding hydrogens is 327 g/mol. The van der Waals surface area contributed by atoms with Gasteiger partial charge in [0.2, 0.25) is 10.0 Å². The van der Waals surface area contributed by atoms with Crippen LogP contribution in [0.2, 0.25) is 8.67 Å². The van der Waals surface area contributed by atoms with Crippen molar-refractivity contribution in [1.29, 1.82) is 0 Å². The predicted molar refractivity (Wildman–Crippen MR) is 77.5 cm³/mol. The fourth-order valence-electron chi connectivity index (χ4n) is 1.47. The molecular formula is C11H10Cl2N2O2S2. The summed E-state index contributed by atoms with van der Waals surface area (Å²) in [5.74, 6) is 0. The number of hydrogen-bond donors (Lipinski definition) is 1. The molecule has 0 spiro atoms. The molecule has 4 nitrogen and oxygen atoms in total. The fraction of sp³-hybridized carbons (Fsp3) is 0.182. The standard InChI is InChI=1S/C11H10Cl2N2O2S2/c12-10-7-9(11(13)18-10)19(16,17)15-6-3-8-1-4-14-5-2-8/h1-2,4-5,7,15H,3,6H2. The molecule has 0 saturated heterocycles. The van der Waals surface area contributed by atoms with Crippen LogP contribution >= 0.6 is 34.5 Å². The van der Waals surface area contributed by atoms with E-state index in [1.54, 1.807) is 12.4 Å². The van der Waals surface area contributed by atoms with Crippen LogP contribution in [0.4, 0.5) is 0 Å². The lowest BCUT2D eigenvalue weighted by Gasteiger charge is -2.05.